The fourth-order valence-electron chi connectivity index (χ4n) is 0.901. The second kappa shape index (κ2) is 4.85. The summed E-state index contributed by atoms with van der Waals surface area (Å²) in [4.78, 5) is 3.96. The Bertz CT molecular complexity index is 407. The number of hydrogen-bond acceptors (Lipinski definition) is 2. The fourth-order valence-corrected chi connectivity index (χ4v) is 1.17. The Morgan fingerprint density at radius 1 is 1.57 bits per heavy atom. The molecule has 5 heteroatoms. The van der Waals surface area contributed by atoms with Gasteiger partial charge in [-0.1, -0.05) is 17.7 Å². The number of rotatable bonds is 2. The summed E-state index contributed by atoms with van der Waals surface area (Å²) in [5.74, 6) is 0.377. The molecule has 0 saturated carbocycles. The van der Waals surface area contributed by atoms with Crippen LogP contribution >= 0.6 is 23.2 Å². The first-order chi connectivity index (χ1) is 6.69. The number of halogens is 2. The maximum atomic E-state index is 8.81. The molecule has 0 aliphatic carbocycles. The van der Waals surface area contributed by atoms with E-state index in [0.29, 0.717) is 16.3 Å². The first kappa shape index (κ1) is 10.8. The van der Waals surface area contributed by atoms with Crippen LogP contribution in [0.1, 0.15) is 5.56 Å². The zero-order valence-electron chi connectivity index (χ0n) is 7.17. The molecule has 0 aliphatic heterocycles. The Kier molecular flexibility index (Phi) is 3.75. The monoisotopic (exact) mass is 227 g/mol. The van der Waals surface area contributed by atoms with Crippen molar-refractivity contribution < 1.29 is 0 Å². The highest BCUT2D eigenvalue weighted by Gasteiger charge is 2.05. The van der Waals surface area contributed by atoms with Gasteiger partial charge in [0.15, 0.2) is 0 Å². The number of amidine groups is 1. The van der Waals surface area contributed by atoms with E-state index in [4.69, 9.17) is 34.2 Å². The summed E-state index contributed by atoms with van der Waals surface area (Å²) in [6.45, 7) is 0. The fraction of sp³-hybridized carbons (Fsp3) is 0.111. The number of benzene rings is 1. The van der Waals surface area contributed by atoms with Crippen LogP contribution < -0.4 is 5.73 Å². The average molecular weight is 228 g/mol. The number of nitrogens with two attached hydrogens (primary N) is 1. The molecule has 0 atom stereocenters. The van der Waals surface area contributed by atoms with Crippen LogP contribution in [0.3, 0.4) is 0 Å². The van der Waals surface area contributed by atoms with Crippen molar-refractivity contribution in [2.75, 3.05) is 5.88 Å². The lowest BCUT2D eigenvalue weighted by Crippen LogP contribution is -2.12. The highest BCUT2D eigenvalue weighted by molar-refractivity contribution is 6.32. The van der Waals surface area contributed by atoms with E-state index in [9.17, 15) is 0 Å². The third-order valence-corrected chi connectivity index (χ3v) is 2.09. The third-order valence-electron chi connectivity index (χ3n) is 1.50. The molecule has 0 heterocycles. The smallest absolute Gasteiger partial charge is 0.115 e. The molecule has 1 rings (SSSR count). The van der Waals surface area contributed by atoms with Crippen molar-refractivity contribution in [3.8, 4) is 6.07 Å². The molecule has 0 amide bonds. The largest absolute Gasteiger partial charge is 0.386 e. The molecular formula is C9H7Cl2N3. The highest BCUT2D eigenvalue weighted by Crippen LogP contribution is 2.25. The van der Waals surface area contributed by atoms with Gasteiger partial charge in [0.1, 0.15) is 11.9 Å². The SMILES string of the molecule is N#Cc1c(Cl)cccc1N=C(N)CCl. The molecule has 0 unspecified atom stereocenters. The predicted molar refractivity (Wildman–Crippen MR) is 58.2 cm³/mol. The highest BCUT2D eigenvalue weighted by atomic mass is 35.5. The lowest BCUT2D eigenvalue weighted by Gasteiger charge is -2.00. The summed E-state index contributed by atoms with van der Waals surface area (Å²) in [6, 6.07) is 6.93. The lowest BCUT2D eigenvalue weighted by molar-refractivity contribution is 1.41. The van der Waals surface area contributed by atoms with Crippen molar-refractivity contribution in [3.63, 3.8) is 0 Å². The molecule has 3 nitrogen and oxygen atoms in total. The molecule has 2 N–H and O–H groups in total. The lowest BCUT2D eigenvalue weighted by atomic mass is 10.2. The molecule has 1 aromatic carbocycles. The summed E-state index contributed by atoms with van der Waals surface area (Å²) in [5.41, 5.74) is 6.19. The minimum atomic E-state index is 0.122. The number of hydrogen-bond donors (Lipinski definition) is 1. The number of alkyl halides is 1. The Hall–Kier alpha value is -1.24. The third kappa shape index (κ3) is 2.38. The second-order valence-electron chi connectivity index (χ2n) is 2.48. The van der Waals surface area contributed by atoms with Crippen molar-refractivity contribution in [1.29, 1.82) is 5.26 Å². The first-order valence-corrected chi connectivity index (χ1v) is 4.68. The van der Waals surface area contributed by atoms with Gasteiger partial charge in [0.25, 0.3) is 0 Å². The molecule has 0 aromatic heterocycles. The van der Waals surface area contributed by atoms with Gasteiger partial charge in [-0.15, -0.1) is 11.6 Å². The molecule has 0 spiro atoms. The molecule has 0 bridgehead atoms. The summed E-state index contributed by atoms with van der Waals surface area (Å²) in [5, 5.41) is 9.16. The molecule has 72 valence electrons. The van der Waals surface area contributed by atoms with Crippen LogP contribution in [0.2, 0.25) is 5.02 Å². The van der Waals surface area contributed by atoms with Gasteiger partial charge < -0.3 is 5.73 Å². The van der Waals surface area contributed by atoms with E-state index in [1.54, 1.807) is 18.2 Å². The van der Waals surface area contributed by atoms with Crippen LogP contribution in [0.15, 0.2) is 23.2 Å². The molecule has 0 saturated heterocycles. The molecule has 0 aliphatic rings. The Morgan fingerprint density at radius 3 is 2.86 bits per heavy atom. The van der Waals surface area contributed by atoms with E-state index in [2.05, 4.69) is 4.99 Å². The van der Waals surface area contributed by atoms with E-state index in [0.717, 1.165) is 0 Å². The average Bonchev–Trinajstić information content (AvgIpc) is 2.18. The van der Waals surface area contributed by atoms with E-state index in [1.807, 2.05) is 6.07 Å². The zero-order chi connectivity index (χ0) is 10.6. The minimum Gasteiger partial charge on any atom is -0.386 e. The van der Waals surface area contributed by atoms with Gasteiger partial charge in [-0.2, -0.15) is 5.26 Å². The van der Waals surface area contributed by atoms with Gasteiger partial charge in [-0.05, 0) is 12.1 Å². The number of nitriles is 1. The van der Waals surface area contributed by atoms with Gasteiger partial charge >= 0.3 is 0 Å². The van der Waals surface area contributed by atoms with Crippen LogP contribution in [-0.4, -0.2) is 11.7 Å². The van der Waals surface area contributed by atoms with Crippen molar-refractivity contribution in [2.24, 2.45) is 10.7 Å². The first-order valence-electron chi connectivity index (χ1n) is 3.76. The topological polar surface area (TPSA) is 62.2 Å². The number of nitrogens with zero attached hydrogens (tertiary/aromatic N) is 2. The number of aliphatic imine (C=N–C) groups is 1. The molecule has 0 radical (unpaired) electrons. The molecular weight excluding hydrogens is 221 g/mol. The van der Waals surface area contributed by atoms with Gasteiger partial charge in [-0.25, -0.2) is 4.99 Å². The quantitative estimate of drug-likeness (QED) is 0.480. The van der Waals surface area contributed by atoms with Crippen LogP contribution in [-0.2, 0) is 0 Å². The van der Waals surface area contributed by atoms with E-state index in [1.165, 1.54) is 0 Å². The van der Waals surface area contributed by atoms with Gasteiger partial charge in [-0.3, -0.25) is 0 Å². The maximum Gasteiger partial charge on any atom is 0.115 e. The van der Waals surface area contributed by atoms with E-state index in [-0.39, 0.29) is 11.7 Å². The summed E-state index contributed by atoms with van der Waals surface area (Å²) >= 11 is 11.3. The predicted octanol–water partition coefficient (Wildman–Crippen LogP) is 2.44. The molecule has 14 heavy (non-hydrogen) atoms. The van der Waals surface area contributed by atoms with Crippen molar-refractivity contribution >= 4 is 34.7 Å². The van der Waals surface area contributed by atoms with Crippen LogP contribution in [0.25, 0.3) is 0 Å². The normalized spacial score (nSPS) is 11.1. The summed E-state index contributed by atoms with van der Waals surface area (Å²) < 4.78 is 0. The summed E-state index contributed by atoms with van der Waals surface area (Å²) in [7, 11) is 0. The van der Waals surface area contributed by atoms with Gasteiger partial charge in [0, 0.05) is 0 Å². The Labute approximate surface area is 91.8 Å². The Balaban J connectivity index is 3.23. The van der Waals surface area contributed by atoms with Crippen LogP contribution in [0, 0.1) is 11.3 Å². The van der Waals surface area contributed by atoms with Crippen molar-refractivity contribution in [1.82, 2.24) is 0 Å². The van der Waals surface area contributed by atoms with Gasteiger partial charge in [0.2, 0.25) is 0 Å². The minimum absolute atomic E-state index is 0.122. The molecule has 1 aromatic rings. The van der Waals surface area contributed by atoms with E-state index < -0.39 is 0 Å². The van der Waals surface area contributed by atoms with E-state index >= 15 is 0 Å². The zero-order valence-corrected chi connectivity index (χ0v) is 8.68. The molecule has 0 fully saturated rings. The maximum absolute atomic E-state index is 8.81. The van der Waals surface area contributed by atoms with Crippen molar-refractivity contribution in [2.45, 2.75) is 0 Å². The van der Waals surface area contributed by atoms with Crippen molar-refractivity contribution in [3.05, 3.63) is 28.8 Å². The van der Waals surface area contributed by atoms with Crippen LogP contribution in [0.4, 0.5) is 5.69 Å². The standard InChI is InChI=1S/C9H7Cl2N3/c10-4-9(13)14-8-3-1-2-7(11)6(8)5-12/h1-3H,4H2,(H2,13,14). The van der Waals surface area contributed by atoms with Gasteiger partial charge in [0.05, 0.1) is 22.2 Å². The second-order valence-corrected chi connectivity index (χ2v) is 3.16. The van der Waals surface area contributed by atoms with Crippen LogP contribution in [0.5, 0.6) is 0 Å². The Morgan fingerprint density at radius 2 is 2.29 bits per heavy atom. The summed E-state index contributed by atoms with van der Waals surface area (Å²) in [6.07, 6.45) is 0.